The first-order valence-corrected chi connectivity index (χ1v) is 15.0. The molecule has 4 rings (SSSR count). The van der Waals surface area contributed by atoms with Crippen LogP contribution in [-0.2, 0) is 14.8 Å². The molecule has 10 heteroatoms. The Bertz CT molecular complexity index is 1350. The Balaban J connectivity index is 1.68. The molecule has 1 saturated heterocycles. The Morgan fingerprint density at radius 2 is 1.81 bits per heavy atom. The van der Waals surface area contributed by atoms with E-state index in [0.717, 1.165) is 34.4 Å². The molecule has 1 atom stereocenters. The first-order chi connectivity index (χ1) is 17.7. The van der Waals surface area contributed by atoms with Gasteiger partial charge < -0.3 is 9.64 Å². The number of benzene rings is 2. The van der Waals surface area contributed by atoms with Crippen LogP contribution < -0.4 is 9.64 Å². The molecule has 1 amide bonds. The number of hydrogen-bond donors (Lipinski definition) is 0. The molecule has 2 aromatic carbocycles. The highest BCUT2D eigenvalue weighted by Crippen LogP contribution is 2.34. The van der Waals surface area contributed by atoms with E-state index in [4.69, 9.17) is 9.72 Å². The number of thiazole rings is 1. The molecule has 1 aliphatic heterocycles. The molecular formula is C27H36N4O4S2. The molecule has 0 spiro atoms. The van der Waals surface area contributed by atoms with Crippen LogP contribution in [0.1, 0.15) is 37.8 Å². The van der Waals surface area contributed by atoms with Crippen molar-refractivity contribution in [2.45, 2.75) is 51.5 Å². The Hall–Kier alpha value is -2.53. The van der Waals surface area contributed by atoms with Crippen LogP contribution in [0.3, 0.4) is 0 Å². The van der Waals surface area contributed by atoms with E-state index in [9.17, 15) is 13.2 Å². The van der Waals surface area contributed by atoms with E-state index in [1.165, 1.54) is 34.9 Å². The van der Waals surface area contributed by atoms with Gasteiger partial charge in [-0.15, -0.1) is 0 Å². The number of carbonyl (C=O) groups excluding carboxylic acids is 1. The Labute approximate surface area is 223 Å². The number of ether oxygens (including phenoxy) is 1. The monoisotopic (exact) mass is 544 g/mol. The summed E-state index contributed by atoms with van der Waals surface area (Å²) in [7, 11) is -2.31. The molecule has 200 valence electrons. The van der Waals surface area contributed by atoms with E-state index in [0.29, 0.717) is 43.4 Å². The van der Waals surface area contributed by atoms with Gasteiger partial charge in [-0.25, -0.2) is 13.4 Å². The van der Waals surface area contributed by atoms with Crippen LogP contribution in [0.4, 0.5) is 5.13 Å². The van der Waals surface area contributed by atoms with Crippen molar-refractivity contribution < 1.29 is 17.9 Å². The van der Waals surface area contributed by atoms with Gasteiger partial charge in [0.15, 0.2) is 5.13 Å². The lowest BCUT2D eigenvalue weighted by Crippen LogP contribution is -2.49. The second kappa shape index (κ2) is 11.5. The molecule has 1 aromatic heterocycles. The largest absolute Gasteiger partial charge is 0.497 e. The number of rotatable bonds is 10. The number of methoxy groups -OCH3 is 1. The summed E-state index contributed by atoms with van der Waals surface area (Å²) in [6.07, 6.45) is 1.12. The van der Waals surface area contributed by atoms with Gasteiger partial charge in [-0.1, -0.05) is 31.3 Å². The third-order valence-electron chi connectivity index (χ3n) is 7.26. The highest BCUT2D eigenvalue weighted by atomic mass is 32.2. The number of sulfonamides is 1. The topological polar surface area (TPSA) is 83.0 Å². The Morgan fingerprint density at radius 3 is 2.46 bits per heavy atom. The zero-order chi connectivity index (χ0) is 26.7. The van der Waals surface area contributed by atoms with Gasteiger partial charge in [-0.2, -0.15) is 4.31 Å². The van der Waals surface area contributed by atoms with Gasteiger partial charge in [-0.3, -0.25) is 9.69 Å². The second-order valence-electron chi connectivity index (χ2n) is 9.32. The van der Waals surface area contributed by atoms with Crippen molar-refractivity contribution >= 4 is 42.6 Å². The quantitative estimate of drug-likeness (QED) is 0.375. The first kappa shape index (κ1) is 27.5. The number of aryl methyl sites for hydroxylation is 2. The van der Waals surface area contributed by atoms with E-state index >= 15 is 0 Å². The van der Waals surface area contributed by atoms with Crippen LogP contribution in [0.25, 0.3) is 10.2 Å². The highest BCUT2D eigenvalue weighted by molar-refractivity contribution is 7.89. The number of aromatic nitrogens is 1. The fraction of sp³-hybridized carbons (Fsp3) is 0.481. The third kappa shape index (κ3) is 5.52. The summed E-state index contributed by atoms with van der Waals surface area (Å²) in [5.41, 5.74) is 3.15. The van der Waals surface area contributed by atoms with Crippen molar-refractivity contribution in [2.75, 3.05) is 44.7 Å². The summed E-state index contributed by atoms with van der Waals surface area (Å²) < 4.78 is 34.7. The zero-order valence-electron chi connectivity index (χ0n) is 22.2. The predicted molar refractivity (Wildman–Crippen MR) is 149 cm³/mol. The maximum atomic E-state index is 14.1. The number of amides is 1. The summed E-state index contributed by atoms with van der Waals surface area (Å²) in [6.45, 7) is 11.5. The van der Waals surface area contributed by atoms with Crippen molar-refractivity contribution in [3.8, 4) is 5.75 Å². The smallest absolute Gasteiger partial charge is 0.247 e. The molecule has 37 heavy (non-hydrogen) atoms. The molecule has 1 fully saturated rings. The highest BCUT2D eigenvalue weighted by Gasteiger charge is 2.42. The fourth-order valence-electron chi connectivity index (χ4n) is 4.75. The standard InChI is InChI=1S/C27H36N4O4S2/c1-6-29(7-2)17-18-30(27-28-25-20(4)19(3)10-15-24(25)36-27)26(32)23-9-8-16-31(23)37(33,34)22-13-11-21(35-5)12-14-22/h10-15,23H,6-9,16-18H2,1-5H3. The molecule has 1 unspecified atom stereocenters. The minimum atomic E-state index is -3.85. The number of nitrogens with zero attached hydrogens (tertiary/aromatic N) is 4. The maximum absolute atomic E-state index is 14.1. The minimum Gasteiger partial charge on any atom is -0.497 e. The summed E-state index contributed by atoms with van der Waals surface area (Å²) in [6, 6.07) is 9.67. The lowest BCUT2D eigenvalue weighted by molar-refractivity contribution is -0.121. The molecule has 2 heterocycles. The summed E-state index contributed by atoms with van der Waals surface area (Å²) in [4.78, 5) is 23.1. The molecule has 0 saturated carbocycles. The van der Waals surface area contributed by atoms with E-state index in [1.807, 2.05) is 13.0 Å². The zero-order valence-corrected chi connectivity index (χ0v) is 23.9. The SMILES string of the molecule is CCN(CC)CCN(C(=O)C1CCCN1S(=O)(=O)c1ccc(OC)cc1)c1nc2c(C)c(C)ccc2s1. The van der Waals surface area contributed by atoms with Gasteiger partial charge >= 0.3 is 0 Å². The average Bonchev–Trinajstić information content (AvgIpc) is 3.57. The number of anilines is 1. The number of likely N-dealkylation sites (N-methyl/N-ethyl adjacent to an activating group) is 1. The van der Waals surface area contributed by atoms with Crippen molar-refractivity contribution in [1.29, 1.82) is 0 Å². The van der Waals surface area contributed by atoms with Crippen molar-refractivity contribution in [3.05, 3.63) is 47.5 Å². The average molecular weight is 545 g/mol. The van der Waals surface area contributed by atoms with E-state index < -0.39 is 16.1 Å². The van der Waals surface area contributed by atoms with Crippen molar-refractivity contribution in [3.63, 3.8) is 0 Å². The van der Waals surface area contributed by atoms with Crippen LogP contribution in [-0.4, -0.2) is 74.4 Å². The van der Waals surface area contributed by atoms with E-state index in [-0.39, 0.29) is 10.8 Å². The normalized spacial score (nSPS) is 16.5. The van der Waals surface area contributed by atoms with Crippen LogP contribution in [0.15, 0.2) is 41.3 Å². The minimum absolute atomic E-state index is 0.161. The summed E-state index contributed by atoms with van der Waals surface area (Å²) in [5.74, 6) is 0.368. The number of carbonyl (C=O) groups is 1. The first-order valence-electron chi connectivity index (χ1n) is 12.8. The summed E-state index contributed by atoms with van der Waals surface area (Å²) in [5, 5.41) is 0.620. The van der Waals surface area contributed by atoms with Crippen molar-refractivity contribution in [1.82, 2.24) is 14.2 Å². The molecule has 0 aliphatic carbocycles. The van der Waals surface area contributed by atoms with Gasteiger partial charge in [0, 0.05) is 19.6 Å². The van der Waals surface area contributed by atoms with Gasteiger partial charge in [0.05, 0.1) is 22.2 Å². The molecule has 0 radical (unpaired) electrons. The lowest BCUT2D eigenvalue weighted by Gasteiger charge is -2.30. The van der Waals surface area contributed by atoms with Gasteiger partial charge in [0.25, 0.3) is 0 Å². The number of hydrogen-bond acceptors (Lipinski definition) is 7. The molecule has 0 N–H and O–H groups in total. The van der Waals surface area contributed by atoms with Crippen LogP contribution in [0.5, 0.6) is 5.75 Å². The van der Waals surface area contributed by atoms with Gasteiger partial charge in [0.1, 0.15) is 11.8 Å². The fourth-order valence-corrected chi connectivity index (χ4v) is 7.46. The Morgan fingerprint density at radius 1 is 1.11 bits per heavy atom. The molecular weight excluding hydrogens is 508 g/mol. The second-order valence-corrected chi connectivity index (χ2v) is 12.2. The van der Waals surface area contributed by atoms with E-state index in [1.54, 1.807) is 17.0 Å². The Kier molecular flexibility index (Phi) is 8.52. The van der Waals surface area contributed by atoms with Crippen LogP contribution in [0.2, 0.25) is 0 Å². The number of fused-ring (bicyclic) bond motifs is 1. The van der Waals surface area contributed by atoms with Gasteiger partial charge in [0.2, 0.25) is 15.9 Å². The maximum Gasteiger partial charge on any atom is 0.247 e. The van der Waals surface area contributed by atoms with E-state index in [2.05, 4.69) is 31.7 Å². The van der Waals surface area contributed by atoms with Gasteiger partial charge in [-0.05, 0) is 81.2 Å². The molecule has 3 aromatic rings. The van der Waals surface area contributed by atoms with Crippen molar-refractivity contribution in [2.24, 2.45) is 0 Å². The van der Waals surface area contributed by atoms with Crippen LogP contribution in [0, 0.1) is 13.8 Å². The molecule has 8 nitrogen and oxygen atoms in total. The predicted octanol–water partition coefficient (Wildman–Crippen LogP) is 4.45. The molecule has 1 aliphatic rings. The third-order valence-corrected chi connectivity index (χ3v) is 10.2. The van der Waals surface area contributed by atoms with Crippen LogP contribution >= 0.6 is 11.3 Å². The lowest BCUT2D eigenvalue weighted by atomic mass is 10.1. The summed E-state index contributed by atoms with van der Waals surface area (Å²) >= 11 is 1.49. The molecule has 0 bridgehead atoms.